The Balaban J connectivity index is 1.43. The molecule has 32 heavy (non-hydrogen) atoms. The molecule has 1 unspecified atom stereocenters. The van der Waals surface area contributed by atoms with E-state index in [9.17, 15) is 18.0 Å². The number of carbonyl (C=O) groups excluding carboxylic acids is 2. The summed E-state index contributed by atoms with van der Waals surface area (Å²) in [5, 5.41) is 0. The summed E-state index contributed by atoms with van der Waals surface area (Å²) >= 11 is 0. The minimum Gasteiger partial charge on any atom is -0.452 e. The second-order valence-corrected chi connectivity index (χ2v) is 10.3. The Morgan fingerprint density at radius 2 is 1.81 bits per heavy atom. The average molecular weight is 457 g/mol. The molecule has 0 bridgehead atoms. The first-order valence-electron chi connectivity index (χ1n) is 11.0. The number of ether oxygens (including phenoxy) is 1. The standard InChI is InChI=1S/C24H28N2O5S/c1-18-7-4-5-13-26(18)23(27)17-31-24(28)20-10-6-11-22(15-20)32(29,30)25-14-12-19-8-2-3-9-21(19)16-25/h2-3,6,8-11,15,18H,4-5,7,12-14,16-17H2,1H3. The minimum absolute atomic E-state index is 0.0438. The topological polar surface area (TPSA) is 84.0 Å². The van der Waals surface area contributed by atoms with Crippen molar-refractivity contribution in [3.63, 3.8) is 0 Å². The van der Waals surface area contributed by atoms with Gasteiger partial charge in [0.1, 0.15) is 0 Å². The number of benzene rings is 2. The summed E-state index contributed by atoms with van der Waals surface area (Å²) in [6.07, 6.45) is 3.63. The maximum absolute atomic E-state index is 13.2. The zero-order chi connectivity index (χ0) is 22.7. The van der Waals surface area contributed by atoms with Crippen LogP contribution >= 0.6 is 0 Å². The molecule has 0 spiro atoms. The second kappa shape index (κ2) is 9.42. The Labute approximate surface area is 189 Å². The number of amides is 1. The first-order chi connectivity index (χ1) is 15.4. The summed E-state index contributed by atoms with van der Waals surface area (Å²) in [6, 6.07) is 13.8. The number of fused-ring (bicyclic) bond motifs is 1. The number of hydrogen-bond donors (Lipinski definition) is 0. The van der Waals surface area contributed by atoms with Crippen LogP contribution in [-0.4, -0.2) is 55.2 Å². The Morgan fingerprint density at radius 3 is 2.59 bits per heavy atom. The van der Waals surface area contributed by atoms with Gasteiger partial charge in [-0.3, -0.25) is 4.79 Å². The van der Waals surface area contributed by atoms with Gasteiger partial charge in [-0.2, -0.15) is 4.31 Å². The molecule has 0 aromatic heterocycles. The molecule has 7 nitrogen and oxygen atoms in total. The van der Waals surface area contributed by atoms with Gasteiger partial charge in [-0.1, -0.05) is 30.3 Å². The number of hydrogen-bond acceptors (Lipinski definition) is 5. The van der Waals surface area contributed by atoms with Crippen LogP contribution in [0.3, 0.4) is 0 Å². The van der Waals surface area contributed by atoms with E-state index in [1.807, 2.05) is 31.2 Å². The van der Waals surface area contributed by atoms with Gasteiger partial charge in [0, 0.05) is 25.7 Å². The number of nitrogens with zero attached hydrogens (tertiary/aromatic N) is 2. The SMILES string of the molecule is CC1CCCCN1C(=O)COC(=O)c1cccc(S(=O)(=O)N2CCc3ccccc3C2)c1. The summed E-state index contributed by atoms with van der Waals surface area (Å²) in [5.41, 5.74) is 2.26. The molecule has 0 aliphatic carbocycles. The third kappa shape index (κ3) is 4.71. The largest absolute Gasteiger partial charge is 0.452 e. The van der Waals surface area contributed by atoms with Crippen LogP contribution in [0.1, 0.15) is 47.7 Å². The van der Waals surface area contributed by atoms with Crippen molar-refractivity contribution in [2.75, 3.05) is 19.7 Å². The second-order valence-electron chi connectivity index (χ2n) is 8.39. The van der Waals surface area contributed by atoms with Crippen molar-refractivity contribution in [2.24, 2.45) is 0 Å². The summed E-state index contributed by atoms with van der Waals surface area (Å²) in [5.74, 6) is -0.926. The number of likely N-dealkylation sites (tertiary alicyclic amines) is 1. The zero-order valence-corrected chi connectivity index (χ0v) is 19.0. The molecule has 2 aromatic rings. The van der Waals surface area contributed by atoms with E-state index in [0.717, 1.165) is 30.4 Å². The fraction of sp³-hybridized carbons (Fsp3) is 0.417. The molecule has 2 aliphatic heterocycles. The van der Waals surface area contributed by atoms with Crippen LogP contribution in [0.5, 0.6) is 0 Å². The van der Waals surface area contributed by atoms with Crippen molar-refractivity contribution >= 4 is 21.9 Å². The molecule has 1 amide bonds. The Bertz CT molecular complexity index is 1110. The predicted molar refractivity (Wildman–Crippen MR) is 119 cm³/mol. The van der Waals surface area contributed by atoms with Crippen LogP contribution in [0, 0.1) is 0 Å². The number of carbonyl (C=O) groups is 2. The molecule has 1 atom stereocenters. The van der Waals surface area contributed by atoms with Crippen LogP contribution < -0.4 is 0 Å². The highest BCUT2D eigenvalue weighted by Crippen LogP contribution is 2.25. The van der Waals surface area contributed by atoms with E-state index >= 15 is 0 Å². The summed E-state index contributed by atoms with van der Waals surface area (Å²) < 4.78 is 33.0. The monoisotopic (exact) mass is 456 g/mol. The van der Waals surface area contributed by atoms with Gasteiger partial charge in [0.2, 0.25) is 10.0 Å². The number of rotatable bonds is 5. The molecular weight excluding hydrogens is 428 g/mol. The lowest BCUT2D eigenvalue weighted by atomic mass is 10.0. The van der Waals surface area contributed by atoms with Gasteiger partial charge in [0.25, 0.3) is 5.91 Å². The van der Waals surface area contributed by atoms with Gasteiger partial charge < -0.3 is 9.64 Å². The average Bonchev–Trinajstić information content (AvgIpc) is 2.82. The van der Waals surface area contributed by atoms with Crippen molar-refractivity contribution in [3.05, 3.63) is 65.2 Å². The lowest BCUT2D eigenvalue weighted by Gasteiger charge is -2.33. The normalized spacial score (nSPS) is 19.3. The maximum Gasteiger partial charge on any atom is 0.338 e. The molecule has 2 heterocycles. The van der Waals surface area contributed by atoms with Gasteiger partial charge in [-0.05, 0) is 61.9 Å². The maximum atomic E-state index is 13.2. The van der Waals surface area contributed by atoms with Crippen LogP contribution in [0.25, 0.3) is 0 Å². The molecule has 4 rings (SSSR count). The molecule has 0 saturated carbocycles. The van der Waals surface area contributed by atoms with E-state index in [0.29, 0.717) is 26.1 Å². The van der Waals surface area contributed by atoms with Gasteiger partial charge >= 0.3 is 5.97 Å². The first kappa shape index (κ1) is 22.5. The molecule has 1 fully saturated rings. The number of sulfonamides is 1. The van der Waals surface area contributed by atoms with Crippen LogP contribution in [0.2, 0.25) is 0 Å². The van der Waals surface area contributed by atoms with Crippen molar-refractivity contribution in [1.82, 2.24) is 9.21 Å². The molecule has 0 radical (unpaired) electrons. The summed E-state index contributed by atoms with van der Waals surface area (Å²) in [7, 11) is -3.77. The number of esters is 1. The van der Waals surface area contributed by atoms with Crippen molar-refractivity contribution in [2.45, 2.75) is 50.1 Å². The fourth-order valence-electron chi connectivity index (χ4n) is 4.37. The summed E-state index contributed by atoms with van der Waals surface area (Å²) in [6.45, 7) is 3.01. The number of piperidine rings is 1. The van der Waals surface area contributed by atoms with Gasteiger partial charge in [-0.25, -0.2) is 13.2 Å². The van der Waals surface area contributed by atoms with E-state index < -0.39 is 16.0 Å². The van der Waals surface area contributed by atoms with Crippen molar-refractivity contribution < 1.29 is 22.7 Å². The summed E-state index contributed by atoms with van der Waals surface area (Å²) in [4.78, 5) is 26.7. The van der Waals surface area contributed by atoms with Crippen LogP contribution in [0.4, 0.5) is 0 Å². The molecule has 8 heteroatoms. The van der Waals surface area contributed by atoms with Gasteiger partial charge in [0.15, 0.2) is 6.61 Å². The van der Waals surface area contributed by atoms with E-state index in [-0.39, 0.29) is 29.0 Å². The lowest BCUT2D eigenvalue weighted by molar-refractivity contribution is -0.137. The quantitative estimate of drug-likeness (QED) is 0.646. The third-order valence-electron chi connectivity index (χ3n) is 6.25. The molecular formula is C24H28N2O5S. The van der Waals surface area contributed by atoms with Crippen LogP contribution in [0.15, 0.2) is 53.4 Å². The van der Waals surface area contributed by atoms with Gasteiger partial charge in [-0.15, -0.1) is 0 Å². The molecule has 170 valence electrons. The molecule has 2 aromatic carbocycles. The highest BCUT2D eigenvalue weighted by atomic mass is 32.2. The van der Waals surface area contributed by atoms with Crippen LogP contribution in [-0.2, 0) is 32.5 Å². The van der Waals surface area contributed by atoms with E-state index in [4.69, 9.17) is 4.74 Å². The van der Waals surface area contributed by atoms with Gasteiger partial charge in [0.05, 0.1) is 10.5 Å². The predicted octanol–water partition coefficient (Wildman–Crippen LogP) is 2.99. The molecule has 2 aliphatic rings. The molecule has 1 saturated heterocycles. The highest BCUT2D eigenvalue weighted by molar-refractivity contribution is 7.89. The molecule has 0 N–H and O–H groups in total. The Morgan fingerprint density at radius 1 is 1.03 bits per heavy atom. The minimum atomic E-state index is -3.77. The van der Waals surface area contributed by atoms with Crippen molar-refractivity contribution in [3.8, 4) is 0 Å². The van der Waals surface area contributed by atoms with E-state index in [1.54, 1.807) is 4.90 Å². The fourth-order valence-corrected chi connectivity index (χ4v) is 5.84. The first-order valence-corrected chi connectivity index (χ1v) is 12.4. The van der Waals surface area contributed by atoms with E-state index in [1.165, 1.54) is 28.6 Å². The van der Waals surface area contributed by atoms with E-state index in [2.05, 4.69) is 0 Å². The Hall–Kier alpha value is -2.71. The smallest absolute Gasteiger partial charge is 0.338 e. The zero-order valence-electron chi connectivity index (χ0n) is 18.2. The Kier molecular flexibility index (Phi) is 6.62. The van der Waals surface area contributed by atoms with Crippen molar-refractivity contribution in [1.29, 1.82) is 0 Å². The third-order valence-corrected chi connectivity index (χ3v) is 8.09. The lowest BCUT2D eigenvalue weighted by Crippen LogP contribution is -2.44. The highest BCUT2D eigenvalue weighted by Gasteiger charge is 2.29.